The van der Waals surface area contributed by atoms with Gasteiger partial charge in [0.25, 0.3) is 5.91 Å². The van der Waals surface area contributed by atoms with Crippen molar-refractivity contribution in [2.24, 2.45) is 0 Å². The Morgan fingerprint density at radius 2 is 2.22 bits per heavy atom. The van der Waals surface area contributed by atoms with Crippen LogP contribution >= 0.6 is 11.7 Å². The molecule has 8 nitrogen and oxygen atoms in total. The van der Waals surface area contributed by atoms with Crippen LogP contribution in [0.5, 0.6) is 5.75 Å². The number of para-hydroxylation sites is 1. The van der Waals surface area contributed by atoms with Gasteiger partial charge in [-0.3, -0.25) is 4.79 Å². The Kier molecular flexibility index (Phi) is 4.29. The summed E-state index contributed by atoms with van der Waals surface area (Å²) in [7, 11) is 1.56. The third kappa shape index (κ3) is 3.19. The molecule has 0 saturated heterocycles. The summed E-state index contributed by atoms with van der Waals surface area (Å²) in [6.45, 7) is 1.68. The lowest BCUT2D eigenvalue weighted by molar-refractivity contribution is 0.0936. The van der Waals surface area contributed by atoms with Gasteiger partial charge < -0.3 is 14.6 Å². The second-order valence-corrected chi connectivity index (χ2v) is 5.17. The Morgan fingerprint density at radius 3 is 2.87 bits per heavy atom. The highest BCUT2D eigenvalue weighted by Gasteiger charge is 2.26. The topological polar surface area (TPSA) is 103 Å². The lowest BCUT2D eigenvalue weighted by Gasteiger charge is -2.17. The fourth-order valence-corrected chi connectivity index (χ4v) is 2.50. The summed E-state index contributed by atoms with van der Waals surface area (Å²) in [5.74, 6) is 0.974. The number of ether oxygens (including phenoxy) is 1. The van der Waals surface area contributed by atoms with Crippen molar-refractivity contribution in [3.8, 4) is 5.75 Å². The van der Waals surface area contributed by atoms with Gasteiger partial charge in [0.05, 0.1) is 25.0 Å². The fourth-order valence-electron chi connectivity index (χ4n) is 2.09. The molecule has 0 fully saturated rings. The first-order chi connectivity index (χ1) is 11.2. The van der Waals surface area contributed by atoms with Gasteiger partial charge >= 0.3 is 0 Å². The van der Waals surface area contributed by atoms with Crippen molar-refractivity contribution in [2.45, 2.75) is 13.0 Å². The van der Waals surface area contributed by atoms with Crippen LogP contribution in [0.2, 0.25) is 0 Å². The number of hydrogen-bond acceptors (Lipinski definition) is 8. The molecule has 3 rings (SSSR count). The molecule has 0 aliphatic rings. The van der Waals surface area contributed by atoms with E-state index in [9.17, 15) is 4.79 Å². The van der Waals surface area contributed by atoms with E-state index in [0.717, 1.165) is 11.7 Å². The van der Waals surface area contributed by atoms with Crippen LogP contribution in [-0.4, -0.2) is 31.9 Å². The normalized spacial score (nSPS) is 11.9. The molecule has 118 valence electrons. The molecule has 1 amide bonds. The first kappa shape index (κ1) is 15.1. The molecule has 0 spiro atoms. The van der Waals surface area contributed by atoms with E-state index in [2.05, 4.69) is 24.2 Å². The molecule has 0 radical (unpaired) electrons. The van der Waals surface area contributed by atoms with Crippen molar-refractivity contribution in [2.75, 3.05) is 7.11 Å². The Labute approximate surface area is 135 Å². The standard InChI is InChI=1S/C14H13N5O3S/c1-8-16-13(18-22-8)12(9-5-3-4-6-11(9)21-2)17-14(20)10-7-15-23-19-10/h3-7,12H,1-2H3,(H,17,20)/t12-/m0/s1. The van der Waals surface area contributed by atoms with E-state index < -0.39 is 6.04 Å². The number of aryl methyl sites for hydroxylation is 1. The zero-order valence-electron chi connectivity index (χ0n) is 12.4. The fraction of sp³-hybridized carbons (Fsp3) is 0.214. The van der Waals surface area contributed by atoms with Crippen molar-refractivity contribution < 1.29 is 14.1 Å². The maximum Gasteiger partial charge on any atom is 0.273 e. The van der Waals surface area contributed by atoms with Crippen molar-refractivity contribution in [3.05, 3.63) is 53.4 Å². The van der Waals surface area contributed by atoms with Crippen LogP contribution in [0.25, 0.3) is 0 Å². The minimum Gasteiger partial charge on any atom is -0.496 e. The van der Waals surface area contributed by atoms with E-state index in [1.807, 2.05) is 18.2 Å². The Morgan fingerprint density at radius 1 is 1.39 bits per heavy atom. The first-order valence-electron chi connectivity index (χ1n) is 6.70. The largest absolute Gasteiger partial charge is 0.496 e. The van der Waals surface area contributed by atoms with E-state index in [1.165, 1.54) is 6.20 Å². The molecule has 0 saturated carbocycles. The van der Waals surface area contributed by atoms with E-state index in [1.54, 1.807) is 20.1 Å². The number of methoxy groups -OCH3 is 1. The molecule has 9 heteroatoms. The molecular formula is C14H13N5O3S. The lowest BCUT2D eigenvalue weighted by Crippen LogP contribution is -2.30. The molecule has 3 aromatic rings. The summed E-state index contributed by atoms with van der Waals surface area (Å²) < 4.78 is 18.2. The Bertz CT molecular complexity index is 802. The second-order valence-electron chi connectivity index (χ2n) is 4.61. The van der Waals surface area contributed by atoms with Crippen LogP contribution in [-0.2, 0) is 0 Å². The van der Waals surface area contributed by atoms with Crippen LogP contribution in [0, 0.1) is 6.92 Å². The average Bonchev–Trinajstić information content (AvgIpc) is 3.24. The summed E-state index contributed by atoms with van der Waals surface area (Å²) in [5.41, 5.74) is 0.947. The molecule has 1 aromatic carbocycles. The van der Waals surface area contributed by atoms with Gasteiger partial charge in [-0.2, -0.15) is 13.7 Å². The zero-order chi connectivity index (χ0) is 16.2. The van der Waals surface area contributed by atoms with E-state index >= 15 is 0 Å². The number of amides is 1. The third-order valence-electron chi connectivity index (χ3n) is 3.12. The van der Waals surface area contributed by atoms with Gasteiger partial charge in [0.1, 0.15) is 11.8 Å². The van der Waals surface area contributed by atoms with Crippen LogP contribution in [0.1, 0.15) is 33.8 Å². The molecule has 0 bridgehead atoms. The van der Waals surface area contributed by atoms with Gasteiger partial charge in [-0.05, 0) is 6.07 Å². The quantitative estimate of drug-likeness (QED) is 0.759. The Balaban J connectivity index is 1.99. The number of hydrogen-bond donors (Lipinski definition) is 1. The smallest absolute Gasteiger partial charge is 0.273 e. The van der Waals surface area contributed by atoms with Gasteiger partial charge in [-0.25, -0.2) is 0 Å². The monoisotopic (exact) mass is 331 g/mol. The van der Waals surface area contributed by atoms with E-state index in [-0.39, 0.29) is 11.6 Å². The van der Waals surface area contributed by atoms with Crippen molar-refractivity contribution in [3.63, 3.8) is 0 Å². The number of aromatic nitrogens is 4. The number of benzene rings is 1. The minimum atomic E-state index is -0.627. The van der Waals surface area contributed by atoms with E-state index in [4.69, 9.17) is 9.26 Å². The first-order valence-corrected chi connectivity index (χ1v) is 7.43. The maximum atomic E-state index is 12.3. The van der Waals surface area contributed by atoms with Crippen LogP contribution < -0.4 is 10.1 Å². The molecule has 1 N–H and O–H groups in total. The van der Waals surface area contributed by atoms with E-state index in [0.29, 0.717) is 23.0 Å². The molecule has 0 aliphatic carbocycles. The van der Waals surface area contributed by atoms with Gasteiger partial charge in [0.15, 0.2) is 11.5 Å². The van der Waals surface area contributed by atoms with Crippen molar-refractivity contribution in [1.29, 1.82) is 0 Å². The van der Waals surface area contributed by atoms with Crippen LogP contribution in [0.15, 0.2) is 35.0 Å². The second kappa shape index (κ2) is 6.53. The molecular weight excluding hydrogens is 318 g/mol. The molecule has 2 aromatic heterocycles. The highest BCUT2D eigenvalue weighted by molar-refractivity contribution is 6.99. The number of carbonyl (C=O) groups is 1. The number of carbonyl (C=O) groups excluding carboxylic acids is 1. The van der Waals surface area contributed by atoms with Gasteiger partial charge in [0, 0.05) is 12.5 Å². The molecule has 2 heterocycles. The maximum absolute atomic E-state index is 12.3. The minimum absolute atomic E-state index is 0.232. The lowest BCUT2D eigenvalue weighted by atomic mass is 10.0. The predicted octanol–water partition coefficient (Wildman–Crippen LogP) is 1.76. The summed E-state index contributed by atoms with van der Waals surface area (Å²) in [5, 5.41) is 6.75. The summed E-state index contributed by atoms with van der Waals surface area (Å²) in [6.07, 6.45) is 1.40. The van der Waals surface area contributed by atoms with Gasteiger partial charge in [0.2, 0.25) is 5.89 Å². The molecule has 0 aliphatic heterocycles. The van der Waals surface area contributed by atoms with Crippen LogP contribution in [0.3, 0.4) is 0 Å². The summed E-state index contributed by atoms with van der Waals surface area (Å²) >= 11 is 0.963. The van der Waals surface area contributed by atoms with Gasteiger partial charge in [-0.15, -0.1) is 0 Å². The number of rotatable bonds is 5. The average molecular weight is 331 g/mol. The van der Waals surface area contributed by atoms with Crippen LogP contribution in [0.4, 0.5) is 0 Å². The number of nitrogens with zero attached hydrogens (tertiary/aromatic N) is 4. The molecule has 0 unspecified atom stereocenters. The Hall–Kier alpha value is -2.81. The SMILES string of the molecule is COc1ccccc1[C@H](NC(=O)c1cnsn1)c1noc(C)n1. The van der Waals surface area contributed by atoms with Crippen molar-refractivity contribution >= 4 is 17.6 Å². The van der Waals surface area contributed by atoms with Gasteiger partial charge in [-0.1, -0.05) is 23.4 Å². The molecule has 23 heavy (non-hydrogen) atoms. The number of nitrogens with one attached hydrogen (secondary N) is 1. The summed E-state index contributed by atoms with van der Waals surface area (Å²) in [4.78, 5) is 16.6. The highest BCUT2D eigenvalue weighted by Crippen LogP contribution is 2.28. The summed E-state index contributed by atoms with van der Waals surface area (Å²) in [6, 6.07) is 6.68. The third-order valence-corrected chi connectivity index (χ3v) is 3.60. The predicted molar refractivity (Wildman–Crippen MR) is 81.2 cm³/mol. The van der Waals surface area contributed by atoms with Crippen molar-refractivity contribution in [1.82, 2.24) is 24.2 Å². The highest BCUT2D eigenvalue weighted by atomic mass is 32.1. The zero-order valence-corrected chi connectivity index (χ0v) is 13.2. The molecule has 1 atom stereocenters.